The summed E-state index contributed by atoms with van der Waals surface area (Å²) in [5, 5.41) is 5.86. The molecule has 1 heterocycles. The molecule has 0 aliphatic heterocycles. The van der Waals surface area contributed by atoms with Gasteiger partial charge in [-0.15, -0.1) is 11.8 Å². The van der Waals surface area contributed by atoms with E-state index in [0.29, 0.717) is 0 Å². The molecule has 1 aromatic heterocycles. The number of nitrogens with two attached hydrogens (primary N) is 1. The average molecular weight is 283 g/mol. The third-order valence-corrected chi connectivity index (χ3v) is 4.58. The molecular formula is C16H17N3S. The molecule has 0 aliphatic carbocycles. The molecule has 0 aliphatic rings. The van der Waals surface area contributed by atoms with Crippen LogP contribution in [0.2, 0.25) is 0 Å². The van der Waals surface area contributed by atoms with Crippen LogP contribution in [0, 0.1) is 6.92 Å². The first-order valence-corrected chi connectivity index (χ1v) is 7.53. The number of hydrogen-bond donors (Lipinski definition) is 1. The number of nitrogens with zero attached hydrogens (tertiary/aromatic N) is 2. The highest BCUT2D eigenvalue weighted by molar-refractivity contribution is 7.98. The van der Waals surface area contributed by atoms with E-state index in [1.807, 2.05) is 29.9 Å². The van der Waals surface area contributed by atoms with Gasteiger partial charge in [-0.3, -0.25) is 4.68 Å². The first-order chi connectivity index (χ1) is 9.65. The molecule has 2 N–H and O–H groups in total. The Labute approximate surface area is 122 Å². The number of para-hydroxylation sites is 1. The van der Waals surface area contributed by atoms with Crippen LogP contribution in [0.4, 0.5) is 5.69 Å². The van der Waals surface area contributed by atoms with E-state index in [4.69, 9.17) is 5.73 Å². The molecule has 3 nitrogen and oxygen atoms in total. The molecule has 0 bridgehead atoms. The van der Waals surface area contributed by atoms with Crippen molar-refractivity contribution in [2.24, 2.45) is 7.05 Å². The van der Waals surface area contributed by atoms with Crippen molar-refractivity contribution in [1.82, 2.24) is 9.78 Å². The van der Waals surface area contributed by atoms with Crippen LogP contribution < -0.4 is 5.73 Å². The van der Waals surface area contributed by atoms with Gasteiger partial charge in [-0.25, -0.2) is 0 Å². The Morgan fingerprint density at radius 2 is 2.00 bits per heavy atom. The topological polar surface area (TPSA) is 43.8 Å². The Kier molecular flexibility index (Phi) is 3.40. The van der Waals surface area contributed by atoms with Crippen molar-refractivity contribution >= 4 is 28.4 Å². The van der Waals surface area contributed by atoms with Gasteiger partial charge in [0.15, 0.2) is 0 Å². The predicted molar refractivity (Wildman–Crippen MR) is 85.9 cm³/mol. The van der Waals surface area contributed by atoms with Gasteiger partial charge in [0.2, 0.25) is 0 Å². The summed E-state index contributed by atoms with van der Waals surface area (Å²) in [5.41, 5.74) is 10.1. The van der Waals surface area contributed by atoms with Gasteiger partial charge in [0, 0.05) is 28.8 Å². The monoisotopic (exact) mass is 283 g/mol. The van der Waals surface area contributed by atoms with E-state index in [0.717, 1.165) is 17.1 Å². The SMILES string of the molecule is Cc1cc(N)ccc1SCc1nn(C)c2ccccc12. The third kappa shape index (κ3) is 2.39. The van der Waals surface area contributed by atoms with Crippen LogP contribution in [0.25, 0.3) is 10.9 Å². The van der Waals surface area contributed by atoms with Crippen LogP contribution in [0.1, 0.15) is 11.3 Å². The van der Waals surface area contributed by atoms with Crippen LogP contribution in [-0.2, 0) is 12.8 Å². The Morgan fingerprint density at radius 1 is 1.20 bits per heavy atom. The van der Waals surface area contributed by atoms with Gasteiger partial charge in [0.05, 0.1) is 11.2 Å². The van der Waals surface area contributed by atoms with Crippen molar-refractivity contribution in [3.05, 3.63) is 53.7 Å². The highest BCUT2D eigenvalue weighted by Gasteiger charge is 2.09. The number of aryl methyl sites for hydroxylation is 2. The first-order valence-electron chi connectivity index (χ1n) is 6.54. The number of fused-ring (bicyclic) bond motifs is 1. The maximum absolute atomic E-state index is 5.79. The van der Waals surface area contributed by atoms with Gasteiger partial charge in [-0.05, 0) is 36.8 Å². The standard InChI is InChI=1S/C16H17N3S/c1-11-9-12(17)7-8-16(11)20-10-14-13-5-3-4-6-15(13)19(2)18-14/h3-9H,10,17H2,1-2H3. The second-order valence-corrected chi connectivity index (χ2v) is 5.92. The molecular weight excluding hydrogens is 266 g/mol. The van der Waals surface area contributed by atoms with Crippen LogP contribution in [0.15, 0.2) is 47.4 Å². The smallest absolute Gasteiger partial charge is 0.0805 e. The van der Waals surface area contributed by atoms with Crippen LogP contribution in [0.5, 0.6) is 0 Å². The Bertz CT molecular complexity index is 762. The summed E-state index contributed by atoms with van der Waals surface area (Å²) >= 11 is 1.81. The van der Waals surface area contributed by atoms with Gasteiger partial charge in [-0.2, -0.15) is 5.10 Å². The molecule has 0 unspecified atom stereocenters. The van der Waals surface area contributed by atoms with E-state index >= 15 is 0 Å². The Balaban J connectivity index is 1.87. The summed E-state index contributed by atoms with van der Waals surface area (Å²) in [6.45, 7) is 2.09. The van der Waals surface area contributed by atoms with Crippen molar-refractivity contribution < 1.29 is 0 Å². The van der Waals surface area contributed by atoms with Gasteiger partial charge < -0.3 is 5.73 Å². The molecule has 2 aromatic carbocycles. The average Bonchev–Trinajstić information content (AvgIpc) is 2.75. The van der Waals surface area contributed by atoms with E-state index in [-0.39, 0.29) is 0 Å². The van der Waals surface area contributed by atoms with Crippen molar-refractivity contribution in [1.29, 1.82) is 0 Å². The molecule has 0 fully saturated rings. The molecule has 0 saturated carbocycles. The molecule has 3 aromatic rings. The minimum Gasteiger partial charge on any atom is -0.399 e. The fourth-order valence-electron chi connectivity index (χ4n) is 2.38. The number of benzene rings is 2. The molecule has 0 amide bonds. The number of anilines is 1. The summed E-state index contributed by atoms with van der Waals surface area (Å²) in [5.74, 6) is 0.867. The molecule has 0 atom stereocenters. The summed E-state index contributed by atoms with van der Waals surface area (Å²) < 4.78 is 1.95. The highest BCUT2D eigenvalue weighted by Crippen LogP contribution is 2.29. The van der Waals surface area contributed by atoms with Gasteiger partial charge in [-0.1, -0.05) is 18.2 Å². The number of rotatable bonds is 3. The van der Waals surface area contributed by atoms with Crippen molar-refractivity contribution in [3.63, 3.8) is 0 Å². The van der Waals surface area contributed by atoms with Gasteiger partial charge in [0.1, 0.15) is 0 Å². The fraction of sp³-hybridized carbons (Fsp3) is 0.188. The molecule has 0 spiro atoms. The normalized spacial score (nSPS) is 11.1. The molecule has 4 heteroatoms. The Morgan fingerprint density at radius 3 is 2.80 bits per heavy atom. The van der Waals surface area contributed by atoms with E-state index in [9.17, 15) is 0 Å². The number of aromatic nitrogens is 2. The lowest BCUT2D eigenvalue weighted by Gasteiger charge is -2.05. The summed E-state index contributed by atoms with van der Waals surface area (Å²) in [7, 11) is 1.99. The zero-order valence-corrected chi connectivity index (χ0v) is 12.4. The lowest BCUT2D eigenvalue weighted by Crippen LogP contribution is -1.91. The first kappa shape index (κ1) is 13.1. The maximum Gasteiger partial charge on any atom is 0.0805 e. The zero-order chi connectivity index (χ0) is 14.1. The second kappa shape index (κ2) is 5.21. The van der Waals surface area contributed by atoms with Crippen molar-refractivity contribution in [2.45, 2.75) is 17.6 Å². The van der Waals surface area contributed by atoms with E-state index in [1.165, 1.54) is 21.4 Å². The fourth-order valence-corrected chi connectivity index (χ4v) is 3.33. The minimum absolute atomic E-state index is 0.815. The molecule has 0 radical (unpaired) electrons. The quantitative estimate of drug-likeness (QED) is 0.588. The second-order valence-electron chi connectivity index (χ2n) is 4.90. The van der Waals surface area contributed by atoms with E-state index in [2.05, 4.69) is 36.3 Å². The number of thioether (sulfide) groups is 1. The maximum atomic E-state index is 5.79. The van der Waals surface area contributed by atoms with Gasteiger partial charge >= 0.3 is 0 Å². The van der Waals surface area contributed by atoms with Crippen LogP contribution >= 0.6 is 11.8 Å². The van der Waals surface area contributed by atoms with Crippen molar-refractivity contribution in [3.8, 4) is 0 Å². The minimum atomic E-state index is 0.815. The lowest BCUT2D eigenvalue weighted by atomic mass is 10.2. The molecule has 102 valence electrons. The summed E-state index contributed by atoms with van der Waals surface area (Å²) in [6.07, 6.45) is 0. The van der Waals surface area contributed by atoms with Gasteiger partial charge in [0.25, 0.3) is 0 Å². The van der Waals surface area contributed by atoms with Crippen molar-refractivity contribution in [2.75, 3.05) is 5.73 Å². The lowest BCUT2D eigenvalue weighted by molar-refractivity contribution is 0.781. The summed E-state index contributed by atoms with van der Waals surface area (Å²) in [4.78, 5) is 1.26. The number of nitrogen functional groups attached to an aromatic ring is 1. The third-order valence-electron chi connectivity index (χ3n) is 3.40. The predicted octanol–water partition coefficient (Wildman–Crippen LogP) is 3.76. The zero-order valence-electron chi connectivity index (χ0n) is 11.6. The molecule has 20 heavy (non-hydrogen) atoms. The number of hydrogen-bond acceptors (Lipinski definition) is 3. The molecule has 0 saturated heterocycles. The van der Waals surface area contributed by atoms with Crippen LogP contribution in [-0.4, -0.2) is 9.78 Å². The highest BCUT2D eigenvalue weighted by atomic mass is 32.2. The van der Waals surface area contributed by atoms with E-state index < -0.39 is 0 Å². The Hall–Kier alpha value is -1.94. The molecule has 3 rings (SSSR count). The van der Waals surface area contributed by atoms with E-state index in [1.54, 1.807) is 11.8 Å². The largest absolute Gasteiger partial charge is 0.399 e. The van der Waals surface area contributed by atoms with Crippen LogP contribution in [0.3, 0.4) is 0 Å². The summed E-state index contributed by atoms with van der Waals surface area (Å²) in [6, 6.07) is 14.4.